The molecule has 0 aliphatic heterocycles. The van der Waals surface area contributed by atoms with Gasteiger partial charge in [0.25, 0.3) is 5.91 Å². The van der Waals surface area contributed by atoms with E-state index in [-0.39, 0.29) is 18.1 Å². The summed E-state index contributed by atoms with van der Waals surface area (Å²) in [4.78, 5) is 15.2. The van der Waals surface area contributed by atoms with Crippen molar-refractivity contribution < 1.29 is 18.7 Å². The van der Waals surface area contributed by atoms with Crippen molar-refractivity contribution in [1.29, 1.82) is 0 Å². The van der Waals surface area contributed by atoms with Gasteiger partial charge in [-0.1, -0.05) is 38.1 Å². The third-order valence-electron chi connectivity index (χ3n) is 5.88. The number of rotatable bonds is 12. The van der Waals surface area contributed by atoms with E-state index in [2.05, 4.69) is 26.0 Å². The van der Waals surface area contributed by atoms with Gasteiger partial charge in [-0.25, -0.2) is 0 Å². The Hall–Kier alpha value is -3.21. The van der Waals surface area contributed by atoms with Gasteiger partial charge in [-0.15, -0.1) is 0 Å². The largest absolute Gasteiger partial charge is 0.491 e. The Morgan fingerprint density at radius 2 is 1.40 bits per heavy atom. The predicted molar refractivity (Wildman–Crippen MR) is 140 cm³/mol. The zero-order chi connectivity index (χ0) is 25.4. The summed E-state index contributed by atoms with van der Waals surface area (Å²) in [5.74, 6) is 2.72. The number of carbonyl (C=O) groups excluding carboxylic acids is 1. The first-order chi connectivity index (χ1) is 16.7. The van der Waals surface area contributed by atoms with Crippen LogP contribution in [0.25, 0.3) is 0 Å². The highest BCUT2D eigenvalue weighted by Gasteiger charge is 2.23. The lowest BCUT2D eigenvalue weighted by molar-refractivity contribution is 0.0702. The highest BCUT2D eigenvalue weighted by Crippen LogP contribution is 2.30. The Bertz CT molecular complexity index is 1020. The summed E-state index contributed by atoms with van der Waals surface area (Å²) in [6, 6.07) is 19.8. The Morgan fingerprint density at radius 1 is 0.829 bits per heavy atom. The zero-order valence-electron chi connectivity index (χ0n) is 21.9. The molecular formula is C30H39NO4. The van der Waals surface area contributed by atoms with Crippen molar-refractivity contribution in [2.45, 2.75) is 72.6 Å². The second kappa shape index (κ2) is 12.5. The summed E-state index contributed by atoms with van der Waals surface area (Å²) in [6.45, 7) is 13.7. The fraction of sp³-hybridized carbons (Fsp3) is 0.433. The molecule has 1 amide bonds. The molecular weight excluding hydrogens is 438 g/mol. The Balaban J connectivity index is 1.75. The topological polar surface area (TPSA) is 51.9 Å². The zero-order valence-corrected chi connectivity index (χ0v) is 21.9. The minimum Gasteiger partial charge on any atom is -0.491 e. The van der Waals surface area contributed by atoms with Crippen LogP contribution in [0, 0.1) is 5.92 Å². The molecule has 1 heterocycles. The molecule has 0 N–H and O–H groups in total. The van der Waals surface area contributed by atoms with E-state index in [1.54, 1.807) is 18.4 Å². The molecule has 0 aliphatic rings. The van der Waals surface area contributed by atoms with Gasteiger partial charge in [0.2, 0.25) is 0 Å². The fourth-order valence-electron chi connectivity index (χ4n) is 4.22. The van der Waals surface area contributed by atoms with Crippen molar-refractivity contribution in [1.82, 2.24) is 4.90 Å². The molecule has 5 heteroatoms. The van der Waals surface area contributed by atoms with Gasteiger partial charge in [0, 0.05) is 13.1 Å². The van der Waals surface area contributed by atoms with E-state index in [0.717, 1.165) is 23.5 Å². The summed E-state index contributed by atoms with van der Waals surface area (Å²) in [5.41, 5.74) is 2.31. The van der Waals surface area contributed by atoms with E-state index in [4.69, 9.17) is 13.9 Å². The maximum atomic E-state index is 13.3. The van der Waals surface area contributed by atoms with Crippen LogP contribution in [0.5, 0.6) is 11.5 Å². The average molecular weight is 478 g/mol. The predicted octanol–water partition coefficient (Wildman–Crippen LogP) is 7.33. The third-order valence-corrected chi connectivity index (χ3v) is 5.88. The Labute approximate surface area is 210 Å². The van der Waals surface area contributed by atoms with E-state index in [9.17, 15) is 4.79 Å². The van der Waals surface area contributed by atoms with Crippen LogP contribution < -0.4 is 9.47 Å². The monoisotopic (exact) mass is 477 g/mol. The first-order valence-corrected chi connectivity index (χ1v) is 12.6. The lowest BCUT2D eigenvalue weighted by Gasteiger charge is -2.27. The second-order valence-electron chi connectivity index (χ2n) is 9.89. The van der Waals surface area contributed by atoms with Gasteiger partial charge in [0.15, 0.2) is 5.76 Å². The van der Waals surface area contributed by atoms with Crippen molar-refractivity contribution in [3.05, 3.63) is 83.8 Å². The van der Waals surface area contributed by atoms with Gasteiger partial charge in [-0.2, -0.15) is 0 Å². The number of furan rings is 1. The highest BCUT2D eigenvalue weighted by molar-refractivity contribution is 5.91. The van der Waals surface area contributed by atoms with Crippen molar-refractivity contribution in [3.63, 3.8) is 0 Å². The molecule has 0 fully saturated rings. The summed E-state index contributed by atoms with van der Waals surface area (Å²) < 4.78 is 17.0. The SMILES string of the molecule is CC(C)Oc1ccc(CN(CC[C@@H](c2ccc(OC(C)C)cc2)C(C)C)C(=O)c2ccco2)cc1. The van der Waals surface area contributed by atoms with Crippen molar-refractivity contribution >= 4 is 5.91 Å². The van der Waals surface area contributed by atoms with E-state index in [0.29, 0.717) is 30.7 Å². The molecule has 0 radical (unpaired) electrons. The van der Waals surface area contributed by atoms with Crippen LogP contribution in [0.2, 0.25) is 0 Å². The molecule has 2 aromatic carbocycles. The lowest BCUT2D eigenvalue weighted by atomic mass is 9.85. The van der Waals surface area contributed by atoms with Gasteiger partial charge in [-0.05, 0) is 93.5 Å². The first-order valence-electron chi connectivity index (χ1n) is 12.6. The van der Waals surface area contributed by atoms with Gasteiger partial charge >= 0.3 is 0 Å². The molecule has 0 saturated carbocycles. The Morgan fingerprint density at radius 3 is 1.89 bits per heavy atom. The molecule has 1 aromatic heterocycles. The van der Waals surface area contributed by atoms with E-state index < -0.39 is 0 Å². The van der Waals surface area contributed by atoms with Crippen LogP contribution in [0.4, 0.5) is 0 Å². The second-order valence-corrected chi connectivity index (χ2v) is 9.89. The number of nitrogens with zero attached hydrogens (tertiary/aromatic N) is 1. The van der Waals surface area contributed by atoms with Gasteiger partial charge < -0.3 is 18.8 Å². The number of hydrogen-bond acceptors (Lipinski definition) is 4. The molecule has 0 spiro atoms. The van der Waals surface area contributed by atoms with Crippen molar-refractivity contribution in [2.24, 2.45) is 5.92 Å². The van der Waals surface area contributed by atoms with Crippen LogP contribution in [0.15, 0.2) is 71.3 Å². The van der Waals surface area contributed by atoms with Crippen LogP contribution >= 0.6 is 0 Å². The normalized spacial score (nSPS) is 12.3. The number of hydrogen-bond donors (Lipinski definition) is 0. The van der Waals surface area contributed by atoms with Crippen LogP contribution in [0.1, 0.15) is 75.6 Å². The minimum absolute atomic E-state index is 0.0966. The molecule has 0 saturated heterocycles. The van der Waals surface area contributed by atoms with Crippen molar-refractivity contribution in [3.8, 4) is 11.5 Å². The summed E-state index contributed by atoms with van der Waals surface area (Å²) in [6.07, 6.45) is 2.66. The molecule has 3 aromatic rings. The van der Waals surface area contributed by atoms with E-state index in [1.165, 1.54) is 5.56 Å². The molecule has 1 atom stereocenters. The minimum atomic E-state index is -0.0966. The molecule has 0 bridgehead atoms. The van der Waals surface area contributed by atoms with E-state index >= 15 is 0 Å². The standard InChI is InChI=1S/C30H39NO4/c1-21(2)28(25-11-15-27(16-12-25)35-23(5)6)17-18-31(30(32)29-8-7-19-33-29)20-24-9-13-26(14-10-24)34-22(3)4/h7-16,19,21-23,28H,17-18,20H2,1-6H3/t28-/m1/s1. The fourth-order valence-corrected chi connectivity index (χ4v) is 4.22. The van der Waals surface area contributed by atoms with Gasteiger partial charge in [-0.3, -0.25) is 4.79 Å². The number of ether oxygens (including phenoxy) is 2. The lowest BCUT2D eigenvalue weighted by Crippen LogP contribution is -2.32. The summed E-state index contributed by atoms with van der Waals surface area (Å²) in [7, 11) is 0. The van der Waals surface area contributed by atoms with Crippen LogP contribution in [0.3, 0.4) is 0 Å². The number of carbonyl (C=O) groups is 1. The van der Waals surface area contributed by atoms with E-state index in [1.807, 2.05) is 69.0 Å². The smallest absolute Gasteiger partial charge is 0.289 e. The number of amides is 1. The van der Waals surface area contributed by atoms with Gasteiger partial charge in [0.1, 0.15) is 11.5 Å². The molecule has 188 valence electrons. The maximum Gasteiger partial charge on any atom is 0.289 e. The molecule has 0 aliphatic carbocycles. The highest BCUT2D eigenvalue weighted by atomic mass is 16.5. The van der Waals surface area contributed by atoms with Crippen molar-refractivity contribution in [2.75, 3.05) is 6.54 Å². The average Bonchev–Trinajstić information content (AvgIpc) is 3.34. The van der Waals surface area contributed by atoms with Crippen LogP contribution in [-0.4, -0.2) is 29.6 Å². The van der Waals surface area contributed by atoms with Crippen LogP contribution in [-0.2, 0) is 6.54 Å². The maximum absolute atomic E-state index is 13.3. The summed E-state index contributed by atoms with van der Waals surface area (Å²) >= 11 is 0. The molecule has 35 heavy (non-hydrogen) atoms. The Kier molecular flexibility index (Phi) is 9.41. The molecule has 3 rings (SSSR count). The quantitative estimate of drug-likeness (QED) is 0.274. The first kappa shape index (κ1) is 26.4. The molecule has 5 nitrogen and oxygen atoms in total. The summed E-state index contributed by atoms with van der Waals surface area (Å²) in [5, 5.41) is 0. The third kappa shape index (κ3) is 7.91. The molecule has 0 unspecified atom stereocenters. The van der Waals surface area contributed by atoms with Gasteiger partial charge in [0.05, 0.1) is 18.5 Å². The number of benzene rings is 2.